The largest absolute Gasteiger partial charge is 0.385 e. The number of benzene rings is 2. The van der Waals surface area contributed by atoms with Crippen molar-refractivity contribution in [1.29, 1.82) is 0 Å². The number of rotatable bonds is 5. The van der Waals surface area contributed by atoms with Crippen LogP contribution in [0, 0.1) is 0 Å². The van der Waals surface area contributed by atoms with Crippen LogP contribution < -0.4 is 0 Å². The first-order chi connectivity index (χ1) is 11.5. The number of aliphatic hydroxyl groups excluding tert-OH is 1. The summed E-state index contributed by atoms with van der Waals surface area (Å²) in [6, 6.07) is 13.6. The van der Waals surface area contributed by atoms with Crippen LogP contribution in [-0.2, 0) is 12.1 Å². The Kier molecular flexibility index (Phi) is 4.87. The monoisotopic (exact) mass is 363 g/mol. The molecule has 2 aromatic carbocycles. The standard InChI is InChI=1S/C17H15Cl2N3O2/c18-14-7-3-1-5-12(14)16(23)17(24,9-22-11-20-10-21-22)13-6-2-4-8-15(13)19/h1-8,10-11,16,23-24H,9H2/t16-,17-/m0/s1. The molecule has 1 aromatic heterocycles. The Morgan fingerprint density at radius 2 is 1.71 bits per heavy atom. The molecule has 3 aromatic rings. The molecule has 0 unspecified atom stereocenters. The van der Waals surface area contributed by atoms with E-state index in [0.717, 1.165) is 0 Å². The SMILES string of the molecule is O[C@@H](c1ccccc1Cl)[C@](O)(Cn1cncn1)c1ccccc1Cl. The predicted molar refractivity (Wildman–Crippen MR) is 91.8 cm³/mol. The van der Waals surface area contributed by atoms with Gasteiger partial charge >= 0.3 is 0 Å². The summed E-state index contributed by atoms with van der Waals surface area (Å²) in [5.74, 6) is 0. The van der Waals surface area contributed by atoms with Gasteiger partial charge in [-0.25, -0.2) is 9.67 Å². The molecule has 0 saturated heterocycles. The Bertz CT molecular complexity index is 826. The zero-order valence-corrected chi connectivity index (χ0v) is 14.1. The maximum Gasteiger partial charge on any atom is 0.141 e. The molecule has 7 heteroatoms. The first kappa shape index (κ1) is 16.9. The van der Waals surface area contributed by atoms with Gasteiger partial charge in [0.1, 0.15) is 24.4 Å². The molecule has 0 spiro atoms. The summed E-state index contributed by atoms with van der Waals surface area (Å²) in [5, 5.41) is 27.1. The van der Waals surface area contributed by atoms with Crippen LogP contribution in [0.2, 0.25) is 10.0 Å². The fraction of sp³-hybridized carbons (Fsp3) is 0.176. The second-order valence-electron chi connectivity index (χ2n) is 5.42. The smallest absolute Gasteiger partial charge is 0.141 e. The highest BCUT2D eigenvalue weighted by Crippen LogP contribution is 2.41. The van der Waals surface area contributed by atoms with Crippen LogP contribution in [-0.4, -0.2) is 25.0 Å². The van der Waals surface area contributed by atoms with Crippen LogP contribution in [0.5, 0.6) is 0 Å². The summed E-state index contributed by atoms with van der Waals surface area (Å²) >= 11 is 12.5. The molecular formula is C17H15Cl2N3O2. The minimum atomic E-state index is -1.74. The average molecular weight is 364 g/mol. The van der Waals surface area contributed by atoms with Crippen LogP contribution in [0.15, 0.2) is 61.2 Å². The molecule has 2 N–H and O–H groups in total. The van der Waals surface area contributed by atoms with E-state index >= 15 is 0 Å². The summed E-state index contributed by atoms with van der Waals surface area (Å²) in [6.45, 7) is -0.0386. The van der Waals surface area contributed by atoms with Gasteiger partial charge in [-0.3, -0.25) is 0 Å². The van der Waals surface area contributed by atoms with E-state index in [-0.39, 0.29) is 6.54 Å². The van der Waals surface area contributed by atoms with Gasteiger partial charge in [-0.2, -0.15) is 5.10 Å². The lowest BCUT2D eigenvalue weighted by atomic mass is 9.84. The lowest BCUT2D eigenvalue weighted by Gasteiger charge is -2.34. The minimum absolute atomic E-state index is 0.0386. The molecule has 0 radical (unpaired) electrons. The first-order valence-electron chi connectivity index (χ1n) is 7.24. The van der Waals surface area contributed by atoms with E-state index in [9.17, 15) is 10.2 Å². The second-order valence-corrected chi connectivity index (χ2v) is 6.24. The van der Waals surface area contributed by atoms with Crippen molar-refractivity contribution in [3.63, 3.8) is 0 Å². The Labute approximate surface area is 149 Å². The van der Waals surface area contributed by atoms with E-state index in [1.807, 2.05) is 0 Å². The molecule has 0 saturated carbocycles. The molecule has 2 atom stereocenters. The van der Waals surface area contributed by atoms with E-state index in [1.165, 1.54) is 17.3 Å². The third kappa shape index (κ3) is 3.16. The number of hydrogen-bond acceptors (Lipinski definition) is 4. The molecule has 0 bridgehead atoms. The average Bonchev–Trinajstić information content (AvgIpc) is 3.07. The number of halogens is 2. The van der Waals surface area contributed by atoms with Crippen molar-refractivity contribution < 1.29 is 10.2 Å². The molecule has 0 aliphatic heterocycles. The topological polar surface area (TPSA) is 71.2 Å². The first-order valence-corrected chi connectivity index (χ1v) is 8.00. The van der Waals surface area contributed by atoms with Crippen molar-refractivity contribution in [2.45, 2.75) is 18.2 Å². The normalized spacial score (nSPS) is 15.0. The van der Waals surface area contributed by atoms with Gasteiger partial charge < -0.3 is 10.2 Å². The Balaban J connectivity index is 2.11. The fourth-order valence-corrected chi connectivity index (χ4v) is 3.19. The van der Waals surface area contributed by atoms with Crippen molar-refractivity contribution >= 4 is 23.2 Å². The van der Waals surface area contributed by atoms with Crippen molar-refractivity contribution in [3.8, 4) is 0 Å². The predicted octanol–water partition coefficient (Wildman–Crippen LogP) is 3.21. The van der Waals surface area contributed by atoms with Crippen LogP contribution >= 0.6 is 23.2 Å². The Morgan fingerprint density at radius 1 is 1.04 bits per heavy atom. The van der Waals surface area contributed by atoms with Gasteiger partial charge in [0.15, 0.2) is 0 Å². The van der Waals surface area contributed by atoms with Crippen molar-refractivity contribution in [2.75, 3.05) is 0 Å². The maximum absolute atomic E-state index is 11.4. The molecule has 0 amide bonds. The molecule has 5 nitrogen and oxygen atoms in total. The van der Waals surface area contributed by atoms with Crippen LogP contribution in [0.1, 0.15) is 17.2 Å². The number of hydrogen-bond donors (Lipinski definition) is 2. The van der Waals surface area contributed by atoms with E-state index in [0.29, 0.717) is 21.2 Å². The van der Waals surface area contributed by atoms with E-state index < -0.39 is 11.7 Å². The van der Waals surface area contributed by atoms with Gasteiger partial charge in [0.2, 0.25) is 0 Å². The molecule has 24 heavy (non-hydrogen) atoms. The summed E-state index contributed by atoms with van der Waals surface area (Å²) in [7, 11) is 0. The lowest BCUT2D eigenvalue weighted by molar-refractivity contribution is -0.0964. The number of nitrogens with zero attached hydrogens (tertiary/aromatic N) is 3. The maximum atomic E-state index is 11.4. The van der Waals surface area contributed by atoms with Gasteiger partial charge in [-0.15, -0.1) is 0 Å². The van der Waals surface area contributed by atoms with Gasteiger partial charge in [-0.1, -0.05) is 59.6 Å². The van der Waals surface area contributed by atoms with E-state index in [1.54, 1.807) is 48.5 Å². The third-order valence-electron chi connectivity index (χ3n) is 3.86. The highest BCUT2D eigenvalue weighted by atomic mass is 35.5. The van der Waals surface area contributed by atoms with Crippen molar-refractivity contribution in [3.05, 3.63) is 82.4 Å². The zero-order chi connectivity index (χ0) is 17.2. The Morgan fingerprint density at radius 3 is 2.33 bits per heavy atom. The summed E-state index contributed by atoms with van der Waals surface area (Å²) < 4.78 is 1.43. The summed E-state index contributed by atoms with van der Waals surface area (Å²) in [5.41, 5.74) is -0.951. The van der Waals surface area contributed by atoms with Crippen molar-refractivity contribution in [1.82, 2.24) is 14.8 Å². The number of aromatic nitrogens is 3. The lowest BCUT2D eigenvalue weighted by Crippen LogP contribution is -2.38. The highest BCUT2D eigenvalue weighted by Gasteiger charge is 2.41. The van der Waals surface area contributed by atoms with Gasteiger partial charge in [0.25, 0.3) is 0 Å². The molecule has 1 heterocycles. The quantitative estimate of drug-likeness (QED) is 0.729. The van der Waals surface area contributed by atoms with Crippen LogP contribution in [0.4, 0.5) is 0 Å². The van der Waals surface area contributed by atoms with Gasteiger partial charge in [-0.05, 0) is 12.1 Å². The molecule has 124 valence electrons. The molecular weight excluding hydrogens is 349 g/mol. The van der Waals surface area contributed by atoms with Gasteiger partial charge in [0, 0.05) is 21.2 Å². The molecule has 0 aliphatic rings. The fourth-order valence-electron chi connectivity index (χ4n) is 2.65. The summed E-state index contributed by atoms with van der Waals surface area (Å²) in [4.78, 5) is 3.87. The highest BCUT2D eigenvalue weighted by molar-refractivity contribution is 6.32. The molecule has 0 aliphatic carbocycles. The third-order valence-corrected chi connectivity index (χ3v) is 4.54. The second kappa shape index (κ2) is 6.91. The summed E-state index contributed by atoms with van der Waals surface area (Å²) in [6.07, 6.45) is 1.51. The molecule has 0 fully saturated rings. The van der Waals surface area contributed by atoms with Crippen LogP contribution in [0.25, 0.3) is 0 Å². The molecule has 3 rings (SSSR count). The van der Waals surface area contributed by atoms with E-state index in [4.69, 9.17) is 23.2 Å². The number of aliphatic hydroxyl groups is 2. The van der Waals surface area contributed by atoms with Gasteiger partial charge in [0.05, 0.1) is 6.54 Å². The van der Waals surface area contributed by atoms with Crippen molar-refractivity contribution in [2.24, 2.45) is 0 Å². The Hall–Kier alpha value is -1.92. The van der Waals surface area contributed by atoms with E-state index in [2.05, 4.69) is 10.1 Å². The minimum Gasteiger partial charge on any atom is -0.385 e. The zero-order valence-electron chi connectivity index (χ0n) is 12.5. The van der Waals surface area contributed by atoms with Crippen LogP contribution in [0.3, 0.4) is 0 Å².